The maximum Gasteiger partial charge on any atom is 0.0428 e. The Morgan fingerprint density at radius 3 is 3.12 bits per heavy atom. The lowest BCUT2D eigenvalue weighted by Crippen LogP contribution is -2.37. The van der Waals surface area contributed by atoms with E-state index in [0.717, 1.165) is 18.7 Å². The number of terminal acetylenes is 1. The average molecular weight is 229 g/mol. The van der Waals surface area contributed by atoms with Gasteiger partial charge in [0.15, 0.2) is 0 Å². The molecule has 1 fully saturated rings. The highest BCUT2D eigenvalue weighted by Crippen LogP contribution is 2.25. The van der Waals surface area contributed by atoms with E-state index in [2.05, 4.69) is 27.4 Å². The van der Waals surface area contributed by atoms with Crippen LogP contribution in [0.1, 0.15) is 36.3 Å². The van der Waals surface area contributed by atoms with Crippen molar-refractivity contribution in [1.29, 1.82) is 0 Å². The molecule has 0 aliphatic carbocycles. The fourth-order valence-electron chi connectivity index (χ4n) is 2.38. The first-order valence-corrected chi connectivity index (χ1v) is 6.17. The molecule has 0 spiro atoms. The van der Waals surface area contributed by atoms with Gasteiger partial charge in [0.2, 0.25) is 0 Å². The molecule has 1 aromatic heterocycles. The van der Waals surface area contributed by atoms with E-state index in [9.17, 15) is 0 Å². The molecule has 3 nitrogen and oxygen atoms in total. The Balaban J connectivity index is 2.16. The van der Waals surface area contributed by atoms with Gasteiger partial charge in [0, 0.05) is 31.0 Å². The largest absolute Gasteiger partial charge is 0.263 e. The third kappa shape index (κ3) is 3.06. The lowest BCUT2D eigenvalue weighted by molar-refractivity contribution is 0.207. The Morgan fingerprint density at radius 1 is 1.47 bits per heavy atom. The number of pyridine rings is 1. The molecule has 90 valence electrons. The van der Waals surface area contributed by atoms with Crippen molar-refractivity contribution in [2.24, 2.45) is 0 Å². The maximum absolute atomic E-state index is 5.42. The number of hydrazine groups is 1. The van der Waals surface area contributed by atoms with Crippen LogP contribution >= 0.6 is 0 Å². The molecule has 1 N–H and O–H groups in total. The summed E-state index contributed by atoms with van der Waals surface area (Å²) in [6.07, 6.45) is 12.8. The van der Waals surface area contributed by atoms with Crippen molar-refractivity contribution in [3.8, 4) is 12.3 Å². The number of rotatable bonds is 2. The third-order valence-corrected chi connectivity index (χ3v) is 3.39. The van der Waals surface area contributed by atoms with E-state index < -0.39 is 0 Å². The molecule has 0 saturated carbocycles. The van der Waals surface area contributed by atoms with Gasteiger partial charge >= 0.3 is 0 Å². The van der Waals surface area contributed by atoms with Gasteiger partial charge in [-0.25, -0.2) is 5.01 Å². The minimum atomic E-state index is 0.533. The highest BCUT2D eigenvalue weighted by Gasteiger charge is 2.19. The third-order valence-electron chi connectivity index (χ3n) is 3.39. The standard InChI is InChI=1S/C14H19N3/c1-3-12-8-14(10-16-9-12)13-6-4-5-7-17(11-13)15-2/h1,8-10,13,15H,4-7,11H2,2H3/t13-/m0/s1. The summed E-state index contributed by atoms with van der Waals surface area (Å²) in [5, 5.41) is 2.28. The van der Waals surface area contributed by atoms with Crippen LogP contribution in [-0.2, 0) is 0 Å². The molecule has 0 unspecified atom stereocenters. The van der Waals surface area contributed by atoms with Gasteiger partial charge in [-0.1, -0.05) is 12.3 Å². The van der Waals surface area contributed by atoms with Crippen LogP contribution in [-0.4, -0.2) is 30.1 Å². The Labute approximate surface area is 103 Å². The zero-order valence-corrected chi connectivity index (χ0v) is 10.3. The van der Waals surface area contributed by atoms with Crippen molar-refractivity contribution in [2.75, 3.05) is 20.1 Å². The minimum Gasteiger partial charge on any atom is -0.263 e. The van der Waals surface area contributed by atoms with Gasteiger partial charge in [-0.3, -0.25) is 10.4 Å². The summed E-state index contributed by atoms with van der Waals surface area (Å²) in [5.74, 6) is 3.19. The summed E-state index contributed by atoms with van der Waals surface area (Å²) in [5.41, 5.74) is 5.39. The zero-order valence-electron chi connectivity index (χ0n) is 10.3. The summed E-state index contributed by atoms with van der Waals surface area (Å²) < 4.78 is 0. The molecule has 0 bridgehead atoms. The molecule has 2 rings (SSSR count). The van der Waals surface area contributed by atoms with Crippen molar-refractivity contribution < 1.29 is 0 Å². The van der Waals surface area contributed by atoms with Crippen LogP contribution in [0.15, 0.2) is 18.5 Å². The second-order valence-corrected chi connectivity index (χ2v) is 4.51. The smallest absolute Gasteiger partial charge is 0.0428 e. The van der Waals surface area contributed by atoms with Gasteiger partial charge in [0.05, 0.1) is 0 Å². The summed E-state index contributed by atoms with van der Waals surface area (Å²) in [6.45, 7) is 2.15. The number of nitrogens with one attached hydrogen (secondary N) is 1. The van der Waals surface area contributed by atoms with Gasteiger partial charge in [-0.2, -0.15) is 0 Å². The zero-order chi connectivity index (χ0) is 12.1. The summed E-state index contributed by atoms with van der Waals surface area (Å²) in [7, 11) is 1.98. The molecule has 1 saturated heterocycles. The molecule has 0 radical (unpaired) electrons. The molecular weight excluding hydrogens is 210 g/mol. The number of aromatic nitrogens is 1. The number of hydrogen-bond donors (Lipinski definition) is 1. The number of nitrogens with zero attached hydrogens (tertiary/aromatic N) is 2. The summed E-state index contributed by atoms with van der Waals surface area (Å²) in [6, 6.07) is 2.09. The summed E-state index contributed by atoms with van der Waals surface area (Å²) in [4.78, 5) is 4.23. The van der Waals surface area contributed by atoms with Gasteiger partial charge in [-0.15, -0.1) is 6.42 Å². The van der Waals surface area contributed by atoms with Crippen molar-refractivity contribution in [2.45, 2.75) is 25.2 Å². The number of hydrogen-bond acceptors (Lipinski definition) is 3. The highest BCUT2D eigenvalue weighted by molar-refractivity contribution is 5.33. The molecular formula is C14H19N3. The molecule has 17 heavy (non-hydrogen) atoms. The lowest BCUT2D eigenvalue weighted by atomic mass is 9.95. The van der Waals surface area contributed by atoms with E-state index in [0.29, 0.717) is 5.92 Å². The molecule has 1 aromatic rings. The van der Waals surface area contributed by atoms with Crippen LogP contribution in [0, 0.1) is 12.3 Å². The van der Waals surface area contributed by atoms with Crippen molar-refractivity contribution >= 4 is 0 Å². The minimum absolute atomic E-state index is 0.533. The molecule has 2 heterocycles. The van der Waals surface area contributed by atoms with E-state index in [4.69, 9.17) is 6.42 Å². The van der Waals surface area contributed by atoms with Crippen LogP contribution in [0.25, 0.3) is 0 Å². The molecule has 1 aliphatic heterocycles. The molecule has 1 aliphatic rings. The predicted octanol–water partition coefficient (Wildman–Crippen LogP) is 1.77. The maximum atomic E-state index is 5.42. The van der Waals surface area contributed by atoms with Crippen LogP contribution in [0.4, 0.5) is 0 Å². The van der Waals surface area contributed by atoms with Crippen LogP contribution in [0.2, 0.25) is 0 Å². The lowest BCUT2D eigenvalue weighted by Gasteiger charge is -2.23. The van der Waals surface area contributed by atoms with E-state index in [1.54, 1.807) is 6.20 Å². The molecule has 0 aromatic carbocycles. The monoisotopic (exact) mass is 229 g/mol. The van der Waals surface area contributed by atoms with Crippen molar-refractivity contribution in [3.05, 3.63) is 29.6 Å². The average Bonchev–Trinajstić information content (AvgIpc) is 2.64. The molecule has 1 atom stereocenters. The van der Waals surface area contributed by atoms with E-state index in [1.807, 2.05) is 13.2 Å². The van der Waals surface area contributed by atoms with Crippen molar-refractivity contribution in [1.82, 2.24) is 15.4 Å². The van der Waals surface area contributed by atoms with E-state index in [1.165, 1.54) is 24.8 Å². The molecule has 3 heteroatoms. The first-order valence-electron chi connectivity index (χ1n) is 6.17. The fraction of sp³-hybridized carbons (Fsp3) is 0.500. The van der Waals surface area contributed by atoms with Crippen LogP contribution < -0.4 is 5.43 Å². The van der Waals surface area contributed by atoms with Gasteiger partial charge in [0.1, 0.15) is 0 Å². The second kappa shape index (κ2) is 5.81. The fourth-order valence-corrected chi connectivity index (χ4v) is 2.38. The van der Waals surface area contributed by atoms with Gasteiger partial charge in [-0.05, 0) is 37.4 Å². The Kier molecular flexibility index (Phi) is 4.13. The summed E-state index contributed by atoms with van der Waals surface area (Å²) >= 11 is 0. The Hall–Kier alpha value is -1.37. The van der Waals surface area contributed by atoms with Crippen molar-refractivity contribution in [3.63, 3.8) is 0 Å². The first kappa shape index (κ1) is 12.1. The van der Waals surface area contributed by atoms with Crippen LogP contribution in [0.3, 0.4) is 0 Å². The first-order chi connectivity index (χ1) is 8.33. The Morgan fingerprint density at radius 2 is 2.35 bits per heavy atom. The topological polar surface area (TPSA) is 28.2 Å². The predicted molar refractivity (Wildman–Crippen MR) is 69.4 cm³/mol. The Bertz CT molecular complexity index is 408. The van der Waals surface area contributed by atoms with E-state index in [-0.39, 0.29) is 0 Å². The SMILES string of the molecule is C#Cc1cncc([C@H]2CCCCN(NC)C2)c1. The molecule has 0 amide bonds. The van der Waals surface area contributed by atoms with Gasteiger partial charge < -0.3 is 0 Å². The second-order valence-electron chi connectivity index (χ2n) is 4.51. The van der Waals surface area contributed by atoms with Crippen LogP contribution in [0.5, 0.6) is 0 Å². The van der Waals surface area contributed by atoms with Gasteiger partial charge in [0.25, 0.3) is 0 Å². The highest BCUT2D eigenvalue weighted by atomic mass is 15.5. The normalized spacial score (nSPS) is 21.8. The van der Waals surface area contributed by atoms with E-state index >= 15 is 0 Å². The quantitative estimate of drug-likeness (QED) is 0.783.